The normalized spacial score (nSPS) is 27.9. The first-order chi connectivity index (χ1) is 16.7. The largest absolute Gasteiger partial charge is 0.486 e. The van der Waals surface area contributed by atoms with Crippen molar-refractivity contribution >= 4 is 17.3 Å². The van der Waals surface area contributed by atoms with Gasteiger partial charge in [0.2, 0.25) is 0 Å². The highest BCUT2D eigenvalue weighted by Gasteiger charge is 2.53. The van der Waals surface area contributed by atoms with Gasteiger partial charge in [0.1, 0.15) is 13.2 Å². The molecule has 1 amide bonds. The van der Waals surface area contributed by atoms with E-state index in [-0.39, 0.29) is 5.91 Å². The average molecular weight is 453 g/mol. The molecular formula is C29H28N2O3. The van der Waals surface area contributed by atoms with Crippen molar-refractivity contribution in [1.29, 1.82) is 0 Å². The van der Waals surface area contributed by atoms with Crippen molar-refractivity contribution in [3.63, 3.8) is 0 Å². The summed E-state index contributed by atoms with van der Waals surface area (Å²) < 4.78 is 11.3. The standard InChI is InChI=1S/C29H28N2O3/c32-29(30-21-9-11-24-25(16-21)34-13-12-33-24)20-8-10-23-22(15-20)26-18-6-7-19(14-18)27(26)28(31-23)17-4-2-1-3-5-17/h1-5,8-11,15-16,18-19,26-28,31H,6-7,12-14H2,(H,30,32)/t18-,19+,26+,27+,28-/m1/s1. The van der Waals surface area contributed by atoms with Gasteiger partial charge in [-0.25, -0.2) is 0 Å². The van der Waals surface area contributed by atoms with Crippen LogP contribution in [0.3, 0.4) is 0 Å². The van der Waals surface area contributed by atoms with E-state index in [1.165, 1.54) is 36.1 Å². The number of anilines is 2. The number of carbonyl (C=O) groups is 1. The van der Waals surface area contributed by atoms with Crippen LogP contribution in [0, 0.1) is 17.8 Å². The predicted octanol–water partition coefficient (Wildman–Crippen LogP) is 6.01. The molecular weight excluding hydrogens is 424 g/mol. The third kappa shape index (κ3) is 3.17. The van der Waals surface area contributed by atoms with Crippen LogP contribution in [0.15, 0.2) is 66.7 Å². The second kappa shape index (κ2) is 7.79. The maximum atomic E-state index is 13.2. The van der Waals surface area contributed by atoms with Crippen LogP contribution >= 0.6 is 0 Å². The molecule has 2 aliphatic carbocycles. The molecule has 0 spiro atoms. The zero-order valence-electron chi connectivity index (χ0n) is 19.0. The zero-order valence-corrected chi connectivity index (χ0v) is 19.0. The van der Waals surface area contributed by atoms with Crippen molar-refractivity contribution in [2.45, 2.75) is 31.2 Å². The minimum atomic E-state index is -0.0932. The lowest BCUT2D eigenvalue weighted by Crippen LogP contribution is -2.35. The third-order valence-corrected chi connectivity index (χ3v) is 8.31. The van der Waals surface area contributed by atoms with Crippen LogP contribution < -0.4 is 20.1 Å². The fraction of sp³-hybridized carbons (Fsp3) is 0.345. The van der Waals surface area contributed by atoms with Gasteiger partial charge < -0.3 is 20.1 Å². The lowest BCUT2D eigenvalue weighted by atomic mass is 9.68. The summed E-state index contributed by atoms with van der Waals surface area (Å²) in [6, 6.07) is 22.9. The van der Waals surface area contributed by atoms with E-state index in [0.29, 0.717) is 48.1 Å². The van der Waals surface area contributed by atoms with Crippen molar-refractivity contribution in [1.82, 2.24) is 0 Å². The summed E-state index contributed by atoms with van der Waals surface area (Å²) >= 11 is 0. The lowest BCUT2D eigenvalue weighted by molar-refractivity contribution is 0.102. The number of nitrogens with one attached hydrogen (secondary N) is 2. The molecule has 172 valence electrons. The summed E-state index contributed by atoms with van der Waals surface area (Å²) in [5, 5.41) is 6.91. The number of rotatable bonds is 3. The first kappa shape index (κ1) is 20.0. The number of hydrogen-bond donors (Lipinski definition) is 2. The Hall–Kier alpha value is -3.47. The van der Waals surface area contributed by atoms with Crippen molar-refractivity contribution in [3.8, 4) is 11.5 Å². The van der Waals surface area contributed by atoms with E-state index >= 15 is 0 Å². The first-order valence-electron chi connectivity index (χ1n) is 12.4. The molecule has 2 aliphatic heterocycles. The highest BCUT2D eigenvalue weighted by atomic mass is 16.6. The van der Waals surface area contributed by atoms with E-state index in [2.05, 4.69) is 53.1 Å². The fourth-order valence-electron chi connectivity index (χ4n) is 6.94. The molecule has 2 saturated carbocycles. The Morgan fingerprint density at radius 3 is 2.59 bits per heavy atom. The van der Waals surface area contributed by atoms with Gasteiger partial charge in [0.05, 0.1) is 6.04 Å². The van der Waals surface area contributed by atoms with Gasteiger partial charge in [0.15, 0.2) is 11.5 Å². The molecule has 5 heteroatoms. The highest BCUT2D eigenvalue weighted by Crippen LogP contribution is 2.63. The summed E-state index contributed by atoms with van der Waals surface area (Å²) in [5.74, 6) is 3.89. The van der Waals surface area contributed by atoms with Gasteiger partial charge in [-0.1, -0.05) is 30.3 Å². The van der Waals surface area contributed by atoms with Crippen LogP contribution in [0.1, 0.15) is 52.7 Å². The molecule has 34 heavy (non-hydrogen) atoms. The van der Waals surface area contributed by atoms with Crippen LogP contribution in [-0.4, -0.2) is 19.1 Å². The number of fused-ring (bicyclic) bond motifs is 8. The van der Waals surface area contributed by atoms with Crippen LogP contribution in [0.25, 0.3) is 0 Å². The summed E-state index contributed by atoms with van der Waals surface area (Å²) in [6.07, 6.45) is 3.95. The molecule has 2 N–H and O–H groups in total. The maximum Gasteiger partial charge on any atom is 0.255 e. The topological polar surface area (TPSA) is 59.6 Å². The van der Waals surface area contributed by atoms with Crippen molar-refractivity contribution in [2.75, 3.05) is 23.8 Å². The molecule has 7 rings (SSSR count). The molecule has 0 radical (unpaired) electrons. The van der Waals surface area contributed by atoms with E-state index in [1.807, 2.05) is 24.3 Å². The van der Waals surface area contributed by atoms with Crippen LogP contribution in [0.2, 0.25) is 0 Å². The number of benzene rings is 3. The van der Waals surface area contributed by atoms with Crippen molar-refractivity contribution in [2.24, 2.45) is 17.8 Å². The Bertz CT molecular complexity index is 1260. The summed E-state index contributed by atoms with van der Waals surface area (Å²) in [4.78, 5) is 13.2. The zero-order chi connectivity index (χ0) is 22.6. The third-order valence-electron chi connectivity index (χ3n) is 8.31. The van der Waals surface area contributed by atoms with Crippen LogP contribution in [0.5, 0.6) is 11.5 Å². The average Bonchev–Trinajstić information content (AvgIpc) is 3.51. The molecule has 0 saturated heterocycles. The summed E-state index contributed by atoms with van der Waals surface area (Å²) in [6.45, 7) is 1.08. The molecule has 0 aromatic heterocycles. The molecule has 3 aromatic carbocycles. The molecule has 2 heterocycles. The number of hydrogen-bond acceptors (Lipinski definition) is 4. The van der Waals surface area contributed by atoms with Crippen molar-refractivity contribution < 1.29 is 14.3 Å². The van der Waals surface area contributed by atoms with Gasteiger partial charge in [-0.3, -0.25) is 4.79 Å². The second-order valence-corrected chi connectivity index (χ2v) is 10.1. The minimum absolute atomic E-state index is 0.0932. The van der Waals surface area contributed by atoms with Gasteiger partial charge in [-0.05, 0) is 84.4 Å². The Kier molecular flexibility index (Phi) is 4.57. The van der Waals surface area contributed by atoms with Gasteiger partial charge in [-0.15, -0.1) is 0 Å². The molecule has 2 bridgehead atoms. The van der Waals surface area contributed by atoms with Crippen LogP contribution in [-0.2, 0) is 0 Å². The van der Waals surface area contributed by atoms with E-state index in [0.717, 1.165) is 17.6 Å². The number of carbonyl (C=O) groups excluding carboxylic acids is 1. The number of ether oxygens (including phenoxy) is 2. The van der Waals surface area contributed by atoms with Gasteiger partial charge in [0, 0.05) is 23.0 Å². The Morgan fingerprint density at radius 2 is 1.71 bits per heavy atom. The SMILES string of the molecule is O=C(Nc1ccc2c(c1)OCCO2)c1ccc2c(c1)[C@@H]1[C@@H]3CC[C@@H](C3)[C@@H]1[C@@H](c1ccccc1)N2. The van der Waals surface area contributed by atoms with Gasteiger partial charge in [-0.2, -0.15) is 0 Å². The van der Waals surface area contributed by atoms with Crippen LogP contribution in [0.4, 0.5) is 11.4 Å². The summed E-state index contributed by atoms with van der Waals surface area (Å²) in [5.41, 5.74) is 5.29. The van der Waals surface area contributed by atoms with E-state index in [4.69, 9.17) is 9.47 Å². The Labute approximate surface area is 199 Å². The maximum absolute atomic E-state index is 13.2. The number of amides is 1. The Morgan fingerprint density at radius 1 is 0.882 bits per heavy atom. The summed E-state index contributed by atoms with van der Waals surface area (Å²) in [7, 11) is 0. The monoisotopic (exact) mass is 452 g/mol. The Balaban J connectivity index is 1.20. The minimum Gasteiger partial charge on any atom is -0.486 e. The van der Waals surface area contributed by atoms with E-state index in [9.17, 15) is 4.79 Å². The van der Waals surface area contributed by atoms with E-state index in [1.54, 1.807) is 0 Å². The molecule has 3 aromatic rings. The molecule has 2 fully saturated rings. The highest BCUT2D eigenvalue weighted by molar-refractivity contribution is 6.05. The molecule has 5 nitrogen and oxygen atoms in total. The van der Waals surface area contributed by atoms with Crippen molar-refractivity contribution in [3.05, 3.63) is 83.4 Å². The lowest BCUT2D eigenvalue weighted by Gasteiger charge is -2.43. The quantitative estimate of drug-likeness (QED) is 0.511. The fourth-order valence-corrected chi connectivity index (χ4v) is 6.94. The molecule has 0 unspecified atom stereocenters. The van der Waals surface area contributed by atoms with E-state index < -0.39 is 0 Å². The molecule has 4 aliphatic rings. The predicted molar refractivity (Wildman–Crippen MR) is 132 cm³/mol. The van der Waals surface area contributed by atoms with Gasteiger partial charge >= 0.3 is 0 Å². The second-order valence-electron chi connectivity index (χ2n) is 10.1. The smallest absolute Gasteiger partial charge is 0.255 e. The first-order valence-corrected chi connectivity index (χ1v) is 12.4. The van der Waals surface area contributed by atoms with Gasteiger partial charge in [0.25, 0.3) is 5.91 Å². The molecule has 5 atom stereocenters.